The van der Waals surface area contributed by atoms with Crippen LogP contribution >= 0.6 is 0 Å². The van der Waals surface area contributed by atoms with Crippen LogP contribution in [-0.2, 0) is 0 Å². The van der Waals surface area contributed by atoms with E-state index in [1.807, 2.05) is 36.1 Å². The van der Waals surface area contributed by atoms with Gasteiger partial charge in [-0.25, -0.2) is 4.79 Å². The Balaban J connectivity index is 1.87. The molecule has 0 bridgehead atoms. The molecule has 1 saturated heterocycles. The number of nitrogens with zero attached hydrogens (tertiary/aromatic N) is 1. The third-order valence-corrected chi connectivity index (χ3v) is 3.41. The molecule has 1 aliphatic rings. The van der Waals surface area contributed by atoms with E-state index in [0.717, 1.165) is 31.6 Å². The monoisotopic (exact) mass is 248 g/mol. The van der Waals surface area contributed by atoms with E-state index < -0.39 is 0 Å². The normalized spacial score (nSPS) is 19.0. The fourth-order valence-electron chi connectivity index (χ4n) is 2.27. The maximum Gasteiger partial charge on any atom is 0.321 e. The molecule has 2 amide bonds. The van der Waals surface area contributed by atoms with Gasteiger partial charge < -0.3 is 15.3 Å². The highest BCUT2D eigenvalue weighted by atomic mass is 16.3. The van der Waals surface area contributed by atoms with Crippen molar-refractivity contribution in [2.75, 3.05) is 25.0 Å². The number of benzene rings is 1. The zero-order chi connectivity index (χ0) is 13.0. The smallest absolute Gasteiger partial charge is 0.321 e. The lowest BCUT2D eigenvalue weighted by Gasteiger charge is -2.17. The van der Waals surface area contributed by atoms with Crippen LogP contribution in [0.1, 0.15) is 18.4 Å². The molecule has 98 valence electrons. The van der Waals surface area contributed by atoms with Crippen LogP contribution in [-0.4, -0.2) is 35.7 Å². The van der Waals surface area contributed by atoms with Gasteiger partial charge in [-0.05, 0) is 37.8 Å². The number of aliphatic hydroxyl groups is 1. The Hall–Kier alpha value is -1.55. The molecule has 0 aliphatic carbocycles. The van der Waals surface area contributed by atoms with Gasteiger partial charge in [0.1, 0.15) is 0 Å². The van der Waals surface area contributed by atoms with Crippen molar-refractivity contribution in [2.45, 2.75) is 19.8 Å². The minimum atomic E-state index is -0.0423. The molecule has 1 heterocycles. The molecule has 0 radical (unpaired) electrons. The van der Waals surface area contributed by atoms with E-state index in [9.17, 15) is 4.79 Å². The van der Waals surface area contributed by atoms with Crippen LogP contribution in [0.4, 0.5) is 10.5 Å². The minimum absolute atomic E-state index is 0.0423. The number of urea groups is 1. The lowest BCUT2D eigenvalue weighted by molar-refractivity contribution is 0.217. The summed E-state index contributed by atoms with van der Waals surface area (Å²) in [7, 11) is 0. The molecule has 4 nitrogen and oxygen atoms in total. The summed E-state index contributed by atoms with van der Waals surface area (Å²) in [6, 6.07) is 7.74. The molecule has 4 heteroatoms. The molecule has 1 atom stereocenters. The number of anilines is 1. The van der Waals surface area contributed by atoms with Gasteiger partial charge in [-0.2, -0.15) is 0 Å². The Bertz CT molecular complexity index is 403. The second kappa shape index (κ2) is 5.87. The first-order valence-corrected chi connectivity index (χ1v) is 6.42. The molecule has 1 aromatic carbocycles. The van der Waals surface area contributed by atoms with E-state index >= 15 is 0 Å². The van der Waals surface area contributed by atoms with Gasteiger partial charge in [0, 0.05) is 25.4 Å². The summed E-state index contributed by atoms with van der Waals surface area (Å²) >= 11 is 0. The van der Waals surface area contributed by atoms with Gasteiger partial charge in [-0.3, -0.25) is 0 Å². The first-order chi connectivity index (χ1) is 8.69. The number of hydrogen-bond acceptors (Lipinski definition) is 2. The third kappa shape index (κ3) is 3.23. The predicted molar refractivity (Wildman–Crippen MR) is 71.6 cm³/mol. The maximum absolute atomic E-state index is 12.0. The molecular weight excluding hydrogens is 228 g/mol. The summed E-state index contributed by atoms with van der Waals surface area (Å²) in [6.45, 7) is 3.75. The van der Waals surface area contributed by atoms with E-state index in [4.69, 9.17) is 5.11 Å². The molecule has 1 fully saturated rings. The van der Waals surface area contributed by atoms with Crippen LogP contribution in [0.3, 0.4) is 0 Å². The van der Waals surface area contributed by atoms with E-state index in [1.165, 1.54) is 5.56 Å². The van der Waals surface area contributed by atoms with Gasteiger partial charge in [0.2, 0.25) is 0 Å². The fraction of sp³-hybridized carbons (Fsp3) is 0.500. The van der Waals surface area contributed by atoms with Crippen molar-refractivity contribution in [3.8, 4) is 0 Å². The number of likely N-dealkylation sites (tertiary alicyclic amines) is 1. The number of amides is 2. The molecular formula is C14H20N2O2. The largest absolute Gasteiger partial charge is 0.396 e. The van der Waals surface area contributed by atoms with Crippen molar-refractivity contribution in [1.29, 1.82) is 0 Å². The highest BCUT2D eigenvalue weighted by Crippen LogP contribution is 2.20. The molecule has 1 unspecified atom stereocenters. The Morgan fingerprint density at radius 2 is 2.17 bits per heavy atom. The zero-order valence-electron chi connectivity index (χ0n) is 10.7. The van der Waals surface area contributed by atoms with Crippen LogP contribution < -0.4 is 5.32 Å². The third-order valence-electron chi connectivity index (χ3n) is 3.41. The van der Waals surface area contributed by atoms with Gasteiger partial charge in [-0.15, -0.1) is 0 Å². The van der Waals surface area contributed by atoms with Crippen molar-refractivity contribution >= 4 is 11.7 Å². The van der Waals surface area contributed by atoms with Crippen molar-refractivity contribution in [3.63, 3.8) is 0 Å². The fourth-order valence-corrected chi connectivity index (χ4v) is 2.27. The Labute approximate surface area is 108 Å². The number of carbonyl (C=O) groups is 1. The molecule has 0 aromatic heterocycles. The quantitative estimate of drug-likeness (QED) is 0.862. The predicted octanol–water partition coefficient (Wildman–Crippen LogP) is 2.23. The van der Waals surface area contributed by atoms with Crippen LogP contribution in [0, 0.1) is 12.8 Å². The first-order valence-electron chi connectivity index (χ1n) is 6.42. The second-order valence-corrected chi connectivity index (χ2v) is 4.91. The molecule has 2 N–H and O–H groups in total. The highest BCUT2D eigenvalue weighted by molar-refractivity contribution is 5.89. The zero-order valence-corrected chi connectivity index (χ0v) is 10.7. The first kappa shape index (κ1) is 12.9. The number of aliphatic hydroxyl groups excluding tert-OH is 1. The Morgan fingerprint density at radius 1 is 1.44 bits per heavy atom. The van der Waals surface area contributed by atoms with Crippen LogP contribution in [0.5, 0.6) is 0 Å². The van der Waals surface area contributed by atoms with Crippen molar-refractivity contribution in [3.05, 3.63) is 29.8 Å². The summed E-state index contributed by atoms with van der Waals surface area (Å²) in [5.41, 5.74) is 2.01. The van der Waals surface area contributed by atoms with Crippen molar-refractivity contribution in [1.82, 2.24) is 4.90 Å². The van der Waals surface area contributed by atoms with Crippen molar-refractivity contribution < 1.29 is 9.90 Å². The van der Waals surface area contributed by atoms with E-state index in [1.54, 1.807) is 0 Å². The number of carbonyl (C=O) groups excluding carboxylic acids is 1. The molecule has 1 aliphatic heterocycles. The number of rotatable bonds is 3. The van der Waals surface area contributed by atoms with Gasteiger partial charge >= 0.3 is 6.03 Å². The molecule has 18 heavy (non-hydrogen) atoms. The summed E-state index contributed by atoms with van der Waals surface area (Å²) < 4.78 is 0. The number of nitrogens with one attached hydrogen (secondary N) is 1. The van der Waals surface area contributed by atoms with Crippen LogP contribution in [0.15, 0.2) is 24.3 Å². The highest BCUT2D eigenvalue weighted by Gasteiger charge is 2.25. The van der Waals surface area contributed by atoms with E-state index in [-0.39, 0.29) is 12.6 Å². The molecule has 0 saturated carbocycles. The number of aryl methyl sites for hydroxylation is 1. The maximum atomic E-state index is 12.0. The standard InChI is InChI=1S/C14H20N2O2/c1-11-2-4-13(5-3-11)15-14(18)16-8-6-12(10-16)7-9-17/h2-5,12,17H,6-10H2,1H3,(H,15,18). The van der Waals surface area contributed by atoms with E-state index in [2.05, 4.69) is 5.32 Å². The van der Waals surface area contributed by atoms with Gasteiger partial charge in [-0.1, -0.05) is 17.7 Å². The molecule has 1 aromatic rings. The Morgan fingerprint density at radius 3 is 2.83 bits per heavy atom. The van der Waals surface area contributed by atoms with E-state index in [0.29, 0.717) is 5.92 Å². The topological polar surface area (TPSA) is 52.6 Å². The minimum Gasteiger partial charge on any atom is -0.396 e. The molecule has 0 spiro atoms. The summed E-state index contributed by atoms with van der Waals surface area (Å²) in [5.74, 6) is 0.443. The summed E-state index contributed by atoms with van der Waals surface area (Å²) in [4.78, 5) is 13.8. The lowest BCUT2D eigenvalue weighted by atomic mass is 10.1. The average molecular weight is 248 g/mol. The molecule has 2 rings (SSSR count). The van der Waals surface area contributed by atoms with Crippen LogP contribution in [0.25, 0.3) is 0 Å². The van der Waals surface area contributed by atoms with Gasteiger partial charge in [0.25, 0.3) is 0 Å². The van der Waals surface area contributed by atoms with Gasteiger partial charge in [0.15, 0.2) is 0 Å². The summed E-state index contributed by atoms with van der Waals surface area (Å²) in [5, 5.41) is 11.8. The number of hydrogen-bond donors (Lipinski definition) is 2. The lowest BCUT2D eigenvalue weighted by Crippen LogP contribution is -2.33. The van der Waals surface area contributed by atoms with Gasteiger partial charge in [0.05, 0.1) is 0 Å². The Kier molecular flexibility index (Phi) is 4.20. The second-order valence-electron chi connectivity index (χ2n) is 4.91. The SMILES string of the molecule is Cc1ccc(NC(=O)N2CCC(CCO)C2)cc1. The average Bonchev–Trinajstić information content (AvgIpc) is 2.81. The summed E-state index contributed by atoms with van der Waals surface area (Å²) in [6.07, 6.45) is 1.77. The van der Waals surface area contributed by atoms with Crippen molar-refractivity contribution in [2.24, 2.45) is 5.92 Å². The van der Waals surface area contributed by atoms with Crippen LogP contribution in [0.2, 0.25) is 0 Å².